The second-order valence-corrected chi connectivity index (χ2v) is 7.21. The fourth-order valence-corrected chi connectivity index (χ4v) is 3.65. The summed E-state index contributed by atoms with van der Waals surface area (Å²) in [5, 5.41) is 3.26. The van der Waals surface area contributed by atoms with Crippen molar-refractivity contribution < 1.29 is 18.3 Å². The number of benzene rings is 1. The molecule has 0 spiro atoms. The summed E-state index contributed by atoms with van der Waals surface area (Å²) < 4.78 is 32.0. The van der Waals surface area contributed by atoms with Crippen molar-refractivity contribution in [2.45, 2.75) is 19.3 Å². The van der Waals surface area contributed by atoms with Crippen LogP contribution in [0, 0.1) is 17.0 Å². The molecule has 0 saturated carbocycles. The van der Waals surface area contributed by atoms with Gasteiger partial charge in [-0.25, -0.2) is 13.8 Å². The molecule has 1 saturated heterocycles. The molecule has 1 aliphatic rings. The first-order valence-corrected chi connectivity index (χ1v) is 8.82. The quantitative estimate of drug-likeness (QED) is 0.852. The molecule has 0 unspecified atom stereocenters. The molecule has 3 rings (SSSR count). The minimum absolute atomic E-state index is 0.160. The van der Waals surface area contributed by atoms with E-state index in [4.69, 9.17) is 10.5 Å². The number of hydrogen-bond donors (Lipinski definition) is 2. The zero-order chi connectivity index (χ0) is 17.9. The summed E-state index contributed by atoms with van der Waals surface area (Å²) in [6, 6.07) is 3.49. The standard InChI is InChI=1S/C17H19F2N3O2S/c18-12-2-1-11(14(19)8-12)7-13-9-21-16(25-13)22-15(23)17(10-20)3-5-24-6-4-17/h1-2,8-9H,3-7,10,20H2,(H,21,22,23). The van der Waals surface area contributed by atoms with Crippen molar-refractivity contribution in [3.8, 4) is 0 Å². The van der Waals surface area contributed by atoms with E-state index in [-0.39, 0.29) is 18.9 Å². The number of thiazole rings is 1. The van der Waals surface area contributed by atoms with Gasteiger partial charge in [0.05, 0.1) is 5.41 Å². The van der Waals surface area contributed by atoms with Crippen LogP contribution in [0.3, 0.4) is 0 Å². The molecule has 2 heterocycles. The van der Waals surface area contributed by atoms with E-state index in [1.165, 1.54) is 23.5 Å². The van der Waals surface area contributed by atoms with Gasteiger partial charge in [-0.1, -0.05) is 6.07 Å². The summed E-state index contributed by atoms with van der Waals surface area (Å²) in [5.74, 6) is -1.36. The maximum atomic E-state index is 13.7. The Bertz CT molecular complexity index is 760. The van der Waals surface area contributed by atoms with Gasteiger partial charge in [-0.15, -0.1) is 11.3 Å². The second kappa shape index (κ2) is 7.55. The third kappa shape index (κ3) is 4.02. The Morgan fingerprint density at radius 3 is 2.80 bits per heavy atom. The molecule has 5 nitrogen and oxygen atoms in total. The lowest BCUT2D eigenvalue weighted by molar-refractivity contribution is -0.130. The van der Waals surface area contributed by atoms with Crippen LogP contribution in [0.5, 0.6) is 0 Å². The highest BCUT2D eigenvalue weighted by atomic mass is 32.1. The van der Waals surface area contributed by atoms with Crippen LogP contribution in [0.1, 0.15) is 23.3 Å². The van der Waals surface area contributed by atoms with E-state index in [1.807, 2.05) is 0 Å². The number of carbonyl (C=O) groups excluding carboxylic acids is 1. The zero-order valence-electron chi connectivity index (χ0n) is 13.6. The number of anilines is 1. The van der Waals surface area contributed by atoms with Gasteiger partial charge in [-0.05, 0) is 24.5 Å². The first-order valence-electron chi connectivity index (χ1n) is 8.00. The largest absolute Gasteiger partial charge is 0.381 e. The molecule has 1 aliphatic heterocycles. The van der Waals surface area contributed by atoms with Gasteiger partial charge < -0.3 is 15.8 Å². The van der Waals surface area contributed by atoms with Gasteiger partial charge in [-0.3, -0.25) is 4.79 Å². The third-order valence-corrected chi connectivity index (χ3v) is 5.39. The Kier molecular flexibility index (Phi) is 5.41. The molecule has 134 valence electrons. The van der Waals surface area contributed by atoms with E-state index < -0.39 is 17.0 Å². The average Bonchev–Trinajstić information content (AvgIpc) is 3.05. The highest BCUT2D eigenvalue weighted by Gasteiger charge is 2.39. The molecule has 0 aliphatic carbocycles. The normalized spacial score (nSPS) is 16.6. The smallest absolute Gasteiger partial charge is 0.233 e. The molecule has 0 radical (unpaired) electrons. The van der Waals surface area contributed by atoms with Crippen LogP contribution in [0.15, 0.2) is 24.4 Å². The fraction of sp³-hybridized carbons (Fsp3) is 0.412. The Hall–Kier alpha value is -1.90. The topological polar surface area (TPSA) is 77.2 Å². The van der Waals surface area contributed by atoms with Gasteiger partial charge in [0.15, 0.2) is 5.13 Å². The molecular formula is C17H19F2N3O2S. The molecule has 1 amide bonds. The van der Waals surface area contributed by atoms with Gasteiger partial charge >= 0.3 is 0 Å². The van der Waals surface area contributed by atoms with Crippen molar-refractivity contribution in [2.75, 3.05) is 25.1 Å². The molecule has 25 heavy (non-hydrogen) atoms. The molecule has 8 heteroatoms. The van der Waals surface area contributed by atoms with E-state index in [2.05, 4.69) is 10.3 Å². The first-order chi connectivity index (χ1) is 12.0. The molecule has 1 aromatic carbocycles. The number of rotatable bonds is 5. The average molecular weight is 367 g/mol. The van der Waals surface area contributed by atoms with Gasteiger partial charge in [-0.2, -0.15) is 0 Å². The number of carbonyl (C=O) groups is 1. The molecular weight excluding hydrogens is 348 g/mol. The van der Waals surface area contributed by atoms with Crippen LogP contribution in [-0.2, 0) is 16.0 Å². The number of amides is 1. The number of ether oxygens (including phenoxy) is 1. The Balaban J connectivity index is 1.68. The van der Waals surface area contributed by atoms with Crippen molar-refractivity contribution in [3.05, 3.63) is 46.5 Å². The Labute approximate surface area is 148 Å². The van der Waals surface area contributed by atoms with E-state index in [9.17, 15) is 13.6 Å². The van der Waals surface area contributed by atoms with Crippen LogP contribution in [0.25, 0.3) is 0 Å². The van der Waals surface area contributed by atoms with Crippen molar-refractivity contribution in [1.82, 2.24) is 4.98 Å². The van der Waals surface area contributed by atoms with Crippen LogP contribution in [0.4, 0.5) is 13.9 Å². The number of nitrogens with one attached hydrogen (secondary N) is 1. The third-order valence-electron chi connectivity index (χ3n) is 4.48. The SMILES string of the molecule is NCC1(C(=O)Nc2ncc(Cc3ccc(F)cc3F)s2)CCOCC1. The minimum Gasteiger partial charge on any atom is -0.381 e. The molecule has 1 fully saturated rings. The van der Waals surface area contributed by atoms with Gasteiger partial charge in [0, 0.05) is 43.3 Å². The molecule has 2 aromatic rings. The van der Waals surface area contributed by atoms with E-state index in [0.29, 0.717) is 36.8 Å². The zero-order valence-corrected chi connectivity index (χ0v) is 14.4. The van der Waals surface area contributed by atoms with Crippen LogP contribution >= 0.6 is 11.3 Å². The van der Waals surface area contributed by atoms with Gasteiger partial charge in [0.2, 0.25) is 5.91 Å². The van der Waals surface area contributed by atoms with Crippen molar-refractivity contribution in [3.63, 3.8) is 0 Å². The number of hydrogen-bond acceptors (Lipinski definition) is 5. The lowest BCUT2D eigenvalue weighted by atomic mass is 9.79. The minimum atomic E-state index is -0.632. The van der Waals surface area contributed by atoms with Crippen molar-refractivity contribution in [1.29, 1.82) is 0 Å². The number of nitrogens with two attached hydrogens (primary N) is 1. The summed E-state index contributed by atoms with van der Waals surface area (Å²) in [4.78, 5) is 17.5. The lowest BCUT2D eigenvalue weighted by Crippen LogP contribution is -2.46. The van der Waals surface area contributed by atoms with Crippen LogP contribution < -0.4 is 11.1 Å². The fourth-order valence-electron chi connectivity index (χ4n) is 2.82. The van der Waals surface area contributed by atoms with E-state index in [1.54, 1.807) is 6.20 Å². The van der Waals surface area contributed by atoms with Gasteiger partial charge in [0.25, 0.3) is 0 Å². The lowest BCUT2D eigenvalue weighted by Gasteiger charge is -2.34. The molecule has 3 N–H and O–H groups in total. The molecule has 1 aromatic heterocycles. The maximum Gasteiger partial charge on any atom is 0.233 e. The maximum absolute atomic E-state index is 13.7. The summed E-state index contributed by atoms with van der Waals surface area (Å²) >= 11 is 1.27. The summed E-state index contributed by atoms with van der Waals surface area (Å²) in [5.41, 5.74) is 5.57. The summed E-state index contributed by atoms with van der Waals surface area (Å²) in [7, 11) is 0. The van der Waals surface area contributed by atoms with Crippen molar-refractivity contribution in [2.24, 2.45) is 11.1 Å². The Morgan fingerprint density at radius 1 is 1.36 bits per heavy atom. The number of nitrogens with zero attached hydrogens (tertiary/aromatic N) is 1. The first kappa shape index (κ1) is 17.9. The highest BCUT2D eigenvalue weighted by molar-refractivity contribution is 7.15. The van der Waals surface area contributed by atoms with Gasteiger partial charge in [0.1, 0.15) is 11.6 Å². The highest BCUT2D eigenvalue weighted by Crippen LogP contribution is 2.32. The second-order valence-electron chi connectivity index (χ2n) is 6.10. The predicted octanol–water partition coefficient (Wildman–Crippen LogP) is 2.71. The molecule has 0 bridgehead atoms. The van der Waals surface area contributed by atoms with E-state index >= 15 is 0 Å². The van der Waals surface area contributed by atoms with Crippen LogP contribution in [0.2, 0.25) is 0 Å². The monoisotopic (exact) mass is 367 g/mol. The number of halogens is 2. The predicted molar refractivity (Wildman–Crippen MR) is 91.4 cm³/mol. The van der Waals surface area contributed by atoms with Crippen LogP contribution in [-0.4, -0.2) is 30.6 Å². The summed E-state index contributed by atoms with van der Waals surface area (Å²) in [6.07, 6.45) is 3.03. The van der Waals surface area contributed by atoms with Crippen molar-refractivity contribution >= 4 is 22.4 Å². The Morgan fingerprint density at radius 2 is 2.12 bits per heavy atom. The summed E-state index contributed by atoms with van der Waals surface area (Å²) in [6.45, 7) is 1.27. The number of aromatic nitrogens is 1. The molecule has 0 atom stereocenters. The van der Waals surface area contributed by atoms with E-state index in [0.717, 1.165) is 10.9 Å².